The molecule has 1 aromatic rings. The Morgan fingerprint density at radius 2 is 2.12 bits per heavy atom. The van der Waals surface area contributed by atoms with Gasteiger partial charge in [0.05, 0.1) is 11.6 Å². The van der Waals surface area contributed by atoms with Gasteiger partial charge in [0.2, 0.25) is 5.91 Å². The number of rotatable bonds is 3. The molecule has 90 valence electrons. The largest absolute Gasteiger partial charge is 0.326 e. The first-order chi connectivity index (χ1) is 7.90. The summed E-state index contributed by atoms with van der Waals surface area (Å²) in [6.07, 6.45) is 0.786. The number of hydrogen-bond acceptors (Lipinski definition) is 2. The first kappa shape index (κ1) is 13.2. The summed E-state index contributed by atoms with van der Waals surface area (Å²) in [4.78, 5) is 12.0. The lowest BCUT2D eigenvalue weighted by Gasteiger charge is -2.21. The van der Waals surface area contributed by atoms with E-state index < -0.39 is 0 Å². The smallest absolute Gasteiger partial charge is 0.230 e. The summed E-state index contributed by atoms with van der Waals surface area (Å²) in [5, 5.41) is 11.7. The summed E-state index contributed by atoms with van der Waals surface area (Å²) >= 11 is 0. The number of nitriles is 1. The van der Waals surface area contributed by atoms with Crippen LogP contribution in [-0.2, 0) is 4.79 Å². The van der Waals surface area contributed by atoms with Gasteiger partial charge in [0, 0.05) is 11.1 Å². The van der Waals surface area contributed by atoms with Crippen molar-refractivity contribution in [3.63, 3.8) is 0 Å². The predicted octanol–water partition coefficient (Wildman–Crippen LogP) is 3.24. The second-order valence-electron chi connectivity index (χ2n) is 4.83. The van der Waals surface area contributed by atoms with Crippen LogP contribution >= 0.6 is 0 Å². The second kappa shape index (κ2) is 5.01. The molecular formula is C14H18N2O. The molecule has 0 atom stereocenters. The first-order valence-electron chi connectivity index (χ1n) is 5.73. The molecule has 1 N–H and O–H groups in total. The standard InChI is InChI=1S/C14H18N2O/c1-5-14(3,4)13(17)16-12-7-6-11(9-15)10(2)8-12/h6-8H,5H2,1-4H3,(H,16,17). The number of nitrogens with one attached hydrogen (secondary N) is 1. The summed E-state index contributed by atoms with van der Waals surface area (Å²) in [5.41, 5.74) is 1.88. The van der Waals surface area contributed by atoms with Crippen molar-refractivity contribution < 1.29 is 4.79 Å². The average Bonchev–Trinajstić information content (AvgIpc) is 2.29. The third-order valence-electron chi connectivity index (χ3n) is 3.10. The zero-order valence-electron chi connectivity index (χ0n) is 10.8. The highest BCUT2D eigenvalue weighted by atomic mass is 16.2. The van der Waals surface area contributed by atoms with Gasteiger partial charge in [-0.2, -0.15) is 5.26 Å². The van der Waals surface area contributed by atoms with E-state index in [1.165, 1.54) is 0 Å². The highest BCUT2D eigenvalue weighted by Gasteiger charge is 2.25. The SMILES string of the molecule is CCC(C)(C)C(=O)Nc1ccc(C#N)c(C)c1. The Kier molecular flexibility index (Phi) is 3.90. The summed E-state index contributed by atoms with van der Waals surface area (Å²) in [6.45, 7) is 7.68. The predicted molar refractivity (Wildman–Crippen MR) is 68.6 cm³/mol. The minimum atomic E-state index is -0.373. The van der Waals surface area contributed by atoms with Gasteiger partial charge >= 0.3 is 0 Å². The van der Waals surface area contributed by atoms with Gasteiger partial charge in [0.25, 0.3) is 0 Å². The molecule has 0 fully saturated rings. The number of amides is 1. The van der Waals surface area contributed by atoms with Crippen LogP contribution in [0.15, 0.2) is 18.2 Å². The zero-order chi connectivity index (χ0) is 13.1. The lowest BCUT2D eigenvalue weighted by atomic mass is 9.89. The summed E-state index contributed by atoms with van der Waals surface area (Å²) in [6, 6.07) is 7.41. The molecule has 0 aromatic heterocycles. The van der Waals surface area contributed by atoms with E-state index in [0.717, 1.165) is 17.7 Å². The maximum absolute atomic E-state index is 12.0. The Balaban J connectivity index is 2.88. The minimum Gasteiger partial charge on any atom is -0.326 e. The van der Waals surface area contributed by atoms with Gasteiger partial charge in [-0.25, -0.2) is 0 Å². The fraction of sp³-hybridized carbons (Fsp3) is 0.429. The number of anilines is 1. The van der Waals surface area contributed by atoms with Crippen LogP contribution in [0.4, 0.5) is 5.69 Å². The number of hydrogen-bond donors (Lipinski definition) is 1. The topological polar surface area (TPSA) is 52.9 Å². The van der Waals surface area contributed by atoms with E-state index in [1.54, 1.807) is 12.1 Å². The van der Waals surface area contributed by atoms with Gasteiger partial charge < -0.3 is 5.32 Å². The van der Waals surface area contributed by atoms with E-state index in [9.17, 15) is 4.79 Å². The quantitative estimate of drug-likeness (QED) is 0.866. The molecule has 0 saturated carbocycles. The number of nitrogens with zero attached hydrogens (tertiary/aromatic N) is 1. The van der Waals surface area contributed by atoms with Crippen LogP contribution in [0.2, 0.25) is 0 Å². The number of carbonyl (C=O) groups excluding carboxylic acids is 1. The van der Waals surface area contributed by atoms with Crippen molar-refractivity contribution in [1.82, 2.24) is 0 Å². The lowest BCUT2D eigenvalue weighted by Crippen LogP contribution is -2.30. The van der Waals surface area contributed by atoms with Crippen LogP contribution in [-0.4, -0.2) is 5.91 Å². The van der Waals surface area contributed by atoms with E-state index in [1.807, 2.05) is 33.8 Å². The lowest BCUT2D eigenvalue weighted by molar-refractivity contribution is -0.124. The van der Waals surface area contributed by atoms with Crippen molar-refractivity contribution in [2.75, 3.05) is 5.32 Å². The van der Waals surface area contributed by atoms with Gasteiger partial charge in [-0.15, -0.1) is 0 Å². The van der Waals surface area contributed by atoms with Crippen LogP contribution in [0, 0.1) is 23.7 Å². The Morgan fingerprint density at radius 1 is 1.47 bits per heavy atom. The number of aryl methyl sites for hydroxylation is 1. The molecule has 1 aromatic carbocycles. The van der Waals surface area contributed by atoms with E-state index >= 15 is 0 Å². The van der Waals surface area contributed by atoms with Gasteiger partial charge in [-0.05, 0) is 37.1 Å². The third kappa shape index (κ3) is 3.07. The molecule has 0 heterocycles. The van der Waals surface area contributed by atoms with Gasteiger partial charge in [-0.3, -0.25) is 4.79 Å². The summed E-state index contributed by atoms with van der Waals surface area (Å²) < 4.78 is 0. The van der Waals surface area contributed by atoms with Gasteiger partial charge in [0.1, 0.15) is 0 Å². The number of benzene rings is 1. The highest BCUT2D eigenvalue weighted by Crippen LogP contribution is 2.23. The molecule has 0 saturated heterocycles. The molecule has 0 bridgehead atoms. The molecule has 3 heteroatoms. The molecule has 0 aliphatic carbocycles. The fourth-order valence-electron chi connectivity index (χ4n) is 1.33. The van der Waals surface area contributed by atoms with Gasteiger partial charge in [-0.1, -0.05) is 20.8 Å². The molecule has 0 radical (unpaired) electrons. The average molecular weight is 230 g/mol. The summed E-state index contributed by atoms with van der Waals surface area (Å²) in [5.74, 6) is 0.00380. The fourth-order valence-corrected chi connectivity index (χ4v) is 1.33. The van der Waals surface area contributed by atoms with E-state index in [0.29, 0.717) is 5.56 Å². The van der Waals surface area contributed by atoms with Crippen molar-refractivity contribution in [1.29, 1.82) is 5.26 Å². The first-order valence-corrected chi connectivity index (χ1v) is 5.73. The maximum Gasteiger partial charge on any atom is 0.230 e. The highest BCUT2D eigenvalue weighted by molar-refractivity contribution is 5.94. The number of carbonyl (C=O) groups is 1. The van der Waals surface area contributed by atoms with Crippen LogP contribution in [0.1, 0.15) is 38.3 Å². The van der Waals surface area contributed by atoms with E-state index in [4.69, 9.17) is 5.26 Å². The van der Waals surface area contributed by atoms with Crippen molar-refractivity contribution >= 4 is 11.6 Å². The normalized spacial score (nSPS) is 10.8. The zero-order valence-corrected chi connectivity index (χ0v) is 10.8. The molecule has 1 amide bonds. The Hall–Kier alpha value is -1.82. The van der Waals surface area contributed by atoms with Crippen LogP contribution in [0.5, 0.6) is 0 Å². The van der Waals surface area contributed by atoms with Crippen molar-refractivity contribution in [2.45, 2.75) is 34.1 Å². The van der Waals surface area contributed by atoms with Crippen molar-refractivity contribution in [3.8, 4) is 6.07 Å². The molecular weight excluding hydrogens is 212 g/mol. The molecule has 0 aliphatic rings. The second-order valence-corrected chi connectivity index (χ2v) is 4.83. The van der Waals surface area contributed by atoms with Crippen LogP contribution in [0.25, 0.3) is 0 Å². The van der Waals surface area contributed by atoms with Crippen molar-refractivity contribution in [2.24, 2.45) is 5.41 Å². The monoisotopic (exact) mass is 230 g/mol. The molecule has 1 rings (SSSR count). The van der Waals surface area contributed by atoms with E-state index in [-0.39, 0.29) is 11.3 Å². The molecule has 0 spiro atoms. The molecule has 0 unspecified atom stereocenters. The van der Waals surface area contributed by atoms with Crippen LogP contribution < -0.4 is 5.32 Å². The maximum atomic E-state index is 12.0. The Labute approximate surface area is 102 Å². The minimum absolute atomic E-state index is 0.00380. The molecule has 0 aliphatic heterocycles. The van der Waals surface area contributed by atoms with Gasteiger partial charge in [0.15, 0.2) is 0 Å². The summed E-state index contributed by atoms with van der Waals surface area (Å²) in [7, 11) is 0. The van der Waals surface area contributed by atoms with E-state index in [2.05, 4.69) is 11.4 Å². The third-order valence-corrected chi connectivity index (χ3v) is 3.10. The Morgan fingerprint density at radius 3 is 2.59 bits per heavy atom. The van der Waals surface area contributed by atoms with Crippen LogP contribution in [0.3, 0.4) is 0 Å². The molecule has 17 heavy (non-hydrogen) atoms. The van der Waals surface area contributed by atoms with Crippen molar-refractivity contribution in [3.05, 3.63) is 29.3 Å². The Bertz CT molecular complexity index is 470. The molecule has 3 nitrogen and oxygen atoms in total.